The topological polar surface area (TPSA) is 61.0 Å². The molecular weight excluding hydrogens is 288 g/mol. The highest BCUT2D eigenvalue weighted by Gasteiger charge is 2.24. The first-order chi connectivity index (χ1) is 11.2. The lowest BCUT2D eigenvalue weighted by atomic mass is 10.1. The van der Waals surface area contributed by atoms with E-state index in [1.54, 1.807) is 0 Å². The van der Waals surface area contributed by atoms with Gasteiger partial charge in [-0.2, -0.15) is 5.10 Å². The zero-order valence-corrected chi connectivity index (χ0v) is 13.6. The first-order valence-electron chi connectivity index (χ1n) is 8.32. The molecule has 2 aromatic rings. The van der Waals surface area contributed by atoms with Crippen molar-refractivity contribution in [1.29, 1.82) is 0 Å². The standard InChI is InChI=1S/C18H24N4O/c1-22(18(23)16-10-5-11-19-16)12-6-9-15-13-17(21-20-15)14-7-3-2-4-8-14/h2-4,7-8,13,16,19H,5-6,9-12H2,1H3,(H,20,21). The number of aryl methyl sites for hydroxylation is 1. The van der Waals surface area contributed by atoms with Crippen LogP contribution in [0.25, 0.3) is 11.3 Å². The third-order valence-electron chi connectivity index (χ3n) is 4.37. The molecule has 2 N–H and O–H groups in total. The van der Waals surface area contributed by atoms with Gasteiger partial charge in [0.25, 0.3) is 0 Å². The number of aromatic amines is 1. The van der Waals surface area contributed by atoms with Crippen LogP contribution in [0.4, 0.5) is 0 Å². The highest BCUT2D eigenvalue weighted by molar-refractivity contribution is 5.81. The minimum Gasteiger partial charge on any atom is -0.344 e. The molecular formula is C18H24N4O. The molecule has 1 fully saturated rings. The smallest absolute Gasteiger partial charge is 0.239 e. The molecule has 2 heterocycles. The van der Waals surface area contributed by atoms with Crippen LogP contribution in [0.1, 0.15) is 25.0 Å². The molecule has 23 heavy (non-hydrogen) atoms. The van der Waals surface area contributed by atoms with Gasteiger partial charge in [-0.25, -0.2) is 0 Å². The van der Waals surface area contributed by atoms with E-state index in [9.17, 15) is 4.79 Å². The quantitative estimate of drug-likeness (QED) is 0.860. The number of aromatic nitrogens is 2. The molecule has 0 saturated carbocycles. The third kappa shape index (κ3) is 3.99. The maximum Gasteiger partial charge on any atom is 0.239 e. The molecule has 0 spiro atoms. The Balaban J connectivity index is 1.47. The van der Waals surface area contributed by atoms with Crippen LogP contribution in [0.5, 0.6) is 0 Å². The van der Waals surface area contributed by atoms with Crippen molar-refractivity contribution in [2.24, 2.45) is 0 Å². The summed E-state index contributed by atoms with van der Waals surface area (Å²) in [6.07, 6.45) is 3.89. The number of nitrogens with one attached hydrogen (secondary N) is 2. The summed E-state index contributed by atoms with van der Waals surface area (Å²) >= 11 is 0. The lowest BCUT2D eigenvalue weighted by Crippen LogP contribution is -2.42. The highest BCUT2D eigenvalue weighted by atomic mass is 16.2. The summed E-state index contributed by atoms with van der Waals surface area (Å²) < 4.78 is 0. The Morgan fingerprint density at radius 2 is 2.17 bits per heavy atom. The Morgan fingerprint density at radius 1 is 1.35 bits per heavy atom. The van der Waals surface area contributed by atoms with Gasteiger partial charge in [-0.1, -0.05) is 30.3 Å². The first-order valence-corrected chi connectivity index (χ1v) is 8.32. The number of amides is 1. The Morgan fingerprint density at radius 3 is 2.91 bits per heavy atom. The van der Waals surface area contributed by atoms with Crippen LogP contribution in [-0.4, -0.2) is 47.2 Å². The van der Waals surface area contributed by atoms with Gasteiger partial charge in [-0.3, -0.25) is 9.89 Å². The van der Waals surface area contributed by atoms with Crippen LogP contribution >= 0.6 is 0 Å². The van der Waals surface area contributed by atoms with Gasteiger partial charge < -0.3 is 10.2 Å². The summed E-state index contributed by atoms with van der Waals surface area (Å²) in [5, 5.41) is 10.7. The molecule has 0 bridgehead atoms. The molecule has 0 radical (unpaired) electrons. The van der Waals surface area contributed by atoms with E-state index in [1.807, 2.05) is 30.1 Å². The van der Waals surface area contributed by atoms with E-state index in [2.05, 4.69) is 33.7 Å². The number of hydrogen-bond acceptors (Lipinski definition) is 3. The summed E-state index contributed by atoms with van der Waals surface area (Å²) in [7, 11) is 1.89. The molecule has 1 aliphatic rings. The van der Waals surface area contributed by atoms with Crippen molar-refractivity contribution in [1.82, 2.24) is 20.4 Å². The molecule has 1 amide bonds. The van der Waals surface area contributed by atoms with Gasteiger partial charge in [-0.05, 0) is 38.3 Å². The van der Waals surface area contributed by atoms with Gasteiger partial charge in [0, 0.05) is 24.8 Å². The summed E-state index contributed by atoms with van der Waals surface area (Å²) in [4.78, 5) is 14.1. The number of benzene rings is 1. The largest absolute Gasteiger partial charge is 0.344 e. The molecule has 1 aliphatic heterocycles. The Labute approximate surface area is 137 Å². The molecule has 0 aliphatic carbocycles. The summed E-state index contributed by atoms with van der Waals surface area (Å²) in [6.45, 7) is 1.73. The highest BCUT2D eigenvalue weighted by Crippen LogP contribution is 2.17. The zero-order valence-electron chi connectivity index (χ0n) is 13.6. The van der Waals surface area contributed by atoms with Crippen molar-refractivity contribution in [2.45, 2.75) is 31.7 Å². The average Bonchev–Trinajstić information content (AvgIpc) is 3.27. The van der Waals surface area contributed by atoms with E-state index in [0.717, 1.165) is 55.7 Å². The lowest BCUT2D eigenvalue weighted by molar-refractivity contribution is -0.131. The first kappa shape index (κ1) is 15.7. The third-order valence-corrected chi connectivity index (χ3v) is 4.37. The second kappa shape index (κ2) is 7.42. The molecule has 122 valence electrons. The van der Waals surface area contributed by atoms with E-state index in [1.165, 1.54) is 0 Å². The number of carbonyl (C=O) groups excluding carboxylic acids is 1. The van der Waals surface area contributed by atoms with Crippen molar-refractivity contribution < 1.29 is 4.79 Å². The zero-order chi connectivity index (χ0) is 16.1. The number of H-pyrrole nitrogens is 1. The predicted molar refractivity (Wildman–Crippen MR) is 91.0 cm³/mol. The fraction of sp³-hybridized carbons (Fsp3) is 0.444. The normalized spacial score (nSPS) is 17.3. The Kier molecular flexibility index (Phi) is 5.08. The van der Waals surface area contributed by atoms with Gasteiger partial charge >= 0.3 is 0 Å². The second-order valence-corrected chi connectivity index (χ2v) is 6.16. The minimum atomic E-state index is 0.0248. The van der Waals surface area contributed by atoms with Gasteiger partial charge in [0.2, 0.25) is 5.91 Å². The maximum atomic E-state index is 12.2. The van der Waals surface area contributed by atoms with Crippen molar-refractivity contribution in [3.05, 3.63) is 42.1 Å². The number of hydrogen-bond donors (Lipinski definition) is 2. The molecule has 5 nitrogen and oxygen atoms in total. The molecule has 1 atom stereocenters. The fourth-order valence-electron chi connectivity index (χ4n) is 3.02. The van der Waals surface area contributed by atoms with Gasteiger partial charge in [0.05, 0.1) is 11.7 Å². The predicted octanol–water partition coefficient (Wildman–Crippen LogP) is 2.22. The summed E-state index contributed by atoms with van der Waals surface area (Å²) in [5.74, 6) is 0.220. The van der Waals surface area contributed by atoms with Crippen molar-refractivity contribution in [2.75, 3.05) is 20.1 Å². The van der Waals surface area contributed by atoms with Gasteiger partial charge in [0.15, 0.2) is 0 Å². The molecule has 1 aromatic carbocycles. The van der Waals surface area contributed by atoms with E-state index >= 15 is 0 Å². The Bertz CT molecular complexity index is 631. The molecule has 1 aromatic heterocycles. The van der Waals surface area contributed by atoms with E-state index in [-0.39, 0.29) is 11.9 Å². The fourth-order valence-corrected chi connectivity index (χ4v) is 3.02. The van der Waals surface area contributed by atoms with Crippen LogP contribution in [-0.2, 0) is 11.2 Å². The number of rotatable bonds is 6. The summed E-state index contributed by atoms with van der Waals surface area (Å²) in [6, 6.07) is 12.3. The van der Waals surface area contributed by atoms with E-state index < -0.39 is 0 Å². The number of likely N-dealkylation sites (N-methyl/N-ethyl adjacent to an activating group) is 1. The Hall–Kier alpha value is -2.14. The van der Waals surface area contributed by atoms with Crippen LogP contribution in [0.15, 0.2) is 36.4 Å². The average molecular weight is 312 g/mol. The SMILES string of the molecule is CN(CCCc1cc(-c2ccccc2)n[nH]1)C(=O)C1CCCN1. The van der Waals surface area contributed by atoms with Gasteiger partial charge in [-0.15, -0.1) is 0 Å². The van der Waals surface area contributed by atoms with E-state index in [0.29, 0.717) is 0 Å². The lowest BCUT2D eigenvalue weighted by Gasteiger charge is -2.20. The van der Waals surface area contributed by atoms with Gasteiger partial charge in [0.1, 0.15) is 0 Å². The van der Waals surface area contributed by atoms with Crippen LogP contribution < -0.4 is 5.32 Å². The van der Waals surface area contributed by atoms with Crippen molar-refractivity contribution in [3.63, 3.8) is 0 Å². The molecule has 5 heteroatoms. The maximum absolute atomic E-state index is 12.2. The van der Waals surface area contributed by atoms with Crippen molar-refractivity contribution in [3.8, 4) is 11.3 Å². The minimum absolute atomic E-state index is 0.0248. The number of carbonyl (C=O) groups is 1. The summed E-state index contributed by atoms with van der Waals surface area (Å²) in [5.41, 5.74) is 3.21. The van der Waals surface area contributed by atoms with Crippen molar-refractivity contribution >= 4 is 5.91 Å². The van der Waals surface area contributed by atoms with Crippen LogP contribution in [0.3, 0.4) is 0 Å². The van der Waals surface area contributed by atoms with Crippen LogP contribution in [0, 0.1) is 0 Å². The molecule has 1 unspecified atom stereocenters. The van der Waals surface area contributed by atoms with E-state index in [4.69, 9.17) is 0 Å². The molecule has 3 rings (SSSR count). The van der Waals surface area contributed by atoms with Crippen LogP contribution in [0.2, 0.25) is 0 Å². The molecule has 1 saturated heterocycles. The monoisotopic (exact) mass is 312 g/mol. The second-order valence-electron chi connectivity index (χ2n) is 6.16. The number of nitrogens with zero attached hydrogens (tertiary/aromatic N) is 2.